The molecule has 0 saturated heterocycles. The molecule has 0 spiro atoms. The van der Waals surface area contributed by atoms with Crippen LogP contribution in [0.25, 0.3) is 0 Å². The van der Waals surface area contributed by atoms with E-state index in [2.05, 4.69) is 10.3 Å². The van der Waals surface area contributed by atoms with E-state index in [0.29, 0.717) is 17.3 Å². The number of carbonyl (C=O) groups excluding carboxylic acids is 1. The van der Waals surface area contributed by atoms with Crippen molar-refractivity contribution in [2.45, 2.75) is 51.2 Å². The summed E-state index contributed by atoms with van der Waals surface area (Å²) in [4.78, 5) is 16.1. The Kier molecular flexibility index (Phi) is 5.16. The molecular weight excluding hydrogens is 264 g/mol. The minimum atomic E-state index is -0.390. The second-order valence-corrected chi connectivity index (χ2v) is 5.19. The normalized spacial score (nSPS) is 17.4. The number of hydrogen-bond acceptors (Lipinski definition) is 3. The summed E-state index contributed by atoms with van der Waals surface area (Å²) >= 11 is 5.70. The maximum atomic E-state index is 12.1. The van der Waals surface area contributed by atoms with Crippen molar-refractivity contribution >= 4 is 23.2 Å². The molecule has 1 amide bonds. The van der Waals surface area contributed by atoms with Gasteiger partial charge in [-0.25, -0.2) is 4.98 Å². The van der Waals surface area contributed by atoms with Crippen LogP contribution in [-0.2, 0) is 9.53 Å². The fourth-order valence-electron chi connectivity index (χ4n) is 2.27. The average Bonchev–Trinajstić information content (AvgIpc) is 2.91. The van der Waals surface area contributed by atoms with Gasteiger partial charge < -0.3 is 10.1 Å². The van der Waals surface area contributed by atoms with Gasteiger partial charge in [0.1, 0.15) is 11.3 Å². The van der Waals surface area contributed by atoms with E-state index in [0.717, 1.165) is 12.8 Å². The van der Waals surface area contributed by atoms with Crippen LogP contribution in [0.5, 0.6) is 0 Å². The van der Waals surface area contributed by atoms with E-state index in [-0.39, 0.29) is 12.0 Å². The van der Waals surface area contributed by atoms with Crippen molar-refractivity contribution in [3.8, 4) is 0 Å². The first-order valence-electron chi connectivity index (χ1n) is 6.77. The molecule has 19 heavy (non-hydrogen) atoms. The molecule has 1 aromatic rings. The summed E-state index contributed by atoms with van der Waals surface area (Å²) in [5.41, 5.74) is 0.642. The number of nitrogens with one attached hydrogen (secondary N) is 1. The van der Waals surface area contributed by atoms with Crippen molar-refractivity contribution in [2.75, 3.05) is 5.32 Å². The molecule has 1 fully saturated rings. The Morgan fingerprint density at radius 3 is 2.84 bits per heavy atom. The third-order valence-corrected chi connectivity index (χ3v) is 3.54. The molecule has 0 bridgehead atoms. The molecule has 1 atom stereocenters. The fraction of sp³-hybridized carbons (Fsp3) is 0.571. The Morgan fingerprint density at radius 2 is 2.26 bits per heavy atom. The quantitative estimate of drug-likeness (QED) is 0.842. The summed E-state index contributed by atoms with van der Waals surface area (Å²) in [5.74, 6) is -0.112. The summed E-state index contributed by atoms with van der Waals surface area (Å²) < 4.78 is 5.86. The fourth-order valence-corrected chi connectivity index (χ4v) is 2.38. The molecule has 1 N–H and O–H groups in total. The topological polar surface area (TPSA) is 51.2 Å². The number of hydrogen-bond donors (Lipinski definition) is 1. The number of carbonyl (C=O) groups is 1. The van der Waals surface area contributed by atoms with Crippen LogP contribution in [-0.4, -0.2) is 23.1 Å². The van der Waals surface area contributed by atoms with E-state index >= 15 is 0 Å². The van der Waals surface area contributed by atoms with Gasteiger partial charge in [-0.3, -0.25) is 4.79 Å². The zero-order chi connectivity index (χ0) is 13.7. The summed E-state index contributed by atoms with van der Waals surface area (Å²) in [7, 11) is 0. The second kappa shape index (κ2) is 6.87. The van der Waals surface area contributed by atoms with Crippen molar-refractivity contribution in [1.82, 2.24) is 4.98 Å². The van der Waals surface area contributed by atoms with Crippen LogP contribution in [0.15, 0.2) is 18.3 Å². The average molecular weight is 283 g/mol. The van der Waals surface area contributed by atoms with Crippen LogP contribution >= 0.6 is 11.6 Å². The molecule has 1 saturated carbocycles. The SMILES string of the molecule is CCC(OC1CCCC1)C(=O)Nc1ccc(Cl)nc1. The number of ether oxygens (including phenoxy) is 1. The van der Waals surface area contributed by atoms with E-state index in [9.17, 15) is 4.79 Å². The zero-order valence-electron chi connectivity index (χ0n) is 11.1. The largest absolute Gasteiger partial charge is 0.365 e. The molecule has 1 aliphatic carbocycles. The zero-order valence-corrected chi connectivity index (χ0v) is 11.8. The molecule has 1 aromatic heterocycles. The number of pyridine rings is 1. The van der Waals surface area contributed by atoms with Crippen molar-refractivity contribution in [1.29, 1.82) is 0 Å². The van der Waals surface area contributed by atoms with Crippen LogP contribution < -0.4 is 5.32 Å². The molecule has 104 valence electrons. The Morgan fingerprint density at radius 1 is 1.53 bits per heavy atom. The van der Waals surface area contributed by atoms with Crippen LogP contribution in [0.1, 0.15) is 39.0 Å². The number of amides is 1. The molecule has 1 aliphatic rings. The molecule has 4 nitrogen and oxygen atoms in total. The summed E-state index contributed by atoms with van der Waals surface area (Å²) in [6.07, 6.45) is 6.58. The van der Waals surface area contributed by atoms with Gasteiger partial charge in [0.05, 0.1) is 18.0 Å². The maximum Gasteiger partial charge on any atom is 0.253 e. The van der Waals surface area contributed by atoms with Crippen molar-refractivity contribution in [3.05, 3.63) is 23.5 Å². The molecule has 1 unspecified atom stereocenters. The molecule has 0 radical (unpaired) electrons. The minimum absolute atomic E-state index is 0.112. The first-order valence-corrected chi connectivity index (χ1v) is 7.14. The summed E-state index contributed by atoms with van der Waals surface area (Å²) in [5, 5.41) is 3.22. The highest BCUT2D eigenvalue weighted by Gasteiger charge is 2.24. The highest BCUT2D eigenvalue weighted by molar-refractivity contribution is 6.29. The lowest BCUT2D eigenvalue weighted by Crippen LogP contribution is -2.32. The van der Waals surface area contributed by atoms with Crippen LogP contribution in [0.4, 0.5) is 5.69 Å². The van der Waals surface area contributed by atoms with Gasteiger partial charge in [-0.2, -0.15) is 0 Å². The summed E-state index contributed by atoms with van der Waals surface area (Å²) in [6.45, 7) is 1.96. The van der Waals surface area contributed by atoms with Gasteiger partial charge in [0, 0.05) is 0 Å². The van der Waals surface area contributed by atoms with Gasteiger partial charge in [0.25, 0.3) is 5.91 Å². The van der Waals surface area contributed by atoms with E-state index in [1.54, 1.807) is 18.3 Å². The Hall–Kier alpha value is -1.13. The van der Waals surface area contributed by atoms with E-state index in [1.165, 1.54) is 12.8 Å². The number of halogens is 1. The van der Waals surface area contributed by atoms with Crippen LogP contribution in [0.3, 0.4) is 0 Å². The van der Waals surface area contributed by atoms with Crippen molar-refractivity contribution in [2.24, 2.45) is 0 Å². The molecule has 2 rings (SSSR count). The first-order chi connectivity index (χ1) is 9.19. The molecule has 0 aliphatic heterocycles. The van der Waals surface area contributed by atoms with Gasteiger partial charge in [-0.15, -0.1) is 0 Å². The molecule has 0 aromatic carbocycles. The molecular formula is C14H19ClN2O2. The second-order valence-electron chi connectivity index (χ2n) is 4.80. The number of rotatable bonds is 5. The summed E-state index contributed by atoms with van der Waals surface area (Å²) in [6, 6.07) is 3.38. The lowest BCUT2D eigenvalue weighted by molar-refractivity contribution is -0.131. The number of anilines is 1. The lowest BCUT2D eigenvalue weighted by atomic mass is 10.2. The Labute approximate surface area is 118 Å². The lowest BCUT2D eigenvalue weighted by Gasteiger charge is -2.20. The van der Waals surface area contributed by atoms with Crippen LogP contribution in [0.2, 0.25) is 5.15 Å². The predicted octanol–water partition coefficient (Wildman–Crippen LogP) is 3.41. The van der Waals surface area contributed by atoms with Crippen LogP contribution in [0, 0.1) is 0 Å². The van der Waals surface area contributed by atoms with Gasteiger partial charge in [0.15, 0.2) is 0 Å². The number of aromatic nitrogens is 1. The molecule has 1 heterocycles. The predicted molar refractivity (Wildman–Crippen MR) is 75.3 cm³/mol. The third-order valence-electron chi connectivity index (χ3n) is 3.32. The highest BCUT2D eigenvalue weighted by atomic mass is 35.5. The van der Waals surface area contributed by atoms with Gasteiger partial charge in [-0.1, -0.05) is 31.4 Å². The number of nitrogens with zero attached hydrogens (tertiary/aromatic N) is 1. The van der Waals surface area contributed by atoms with Crippen molar-refractivity contribution < 1.29 is 9.53 Å². The van der Waals surface area contributed by atoms with Gasteiger partial charge >= 0.3 is 0 Å². The maximum absolute atomic E-state index is 12.1. The van der Waals surface area contributed by atoms with Gasteiger partial charge in [-0.05, 0) is 31.4 Å². The van der Waals surface area contributed by atoms with Crippen molar-refractivity contribution in [3.63, 3.8) is 0 Å². The Bertz CT molecular complexity index is 416. The third kappa shape index (κ3) is 4.18. The van der Waals surface area contributed by atoms with E-state index in [1.807, 2.05) is 6.92 Å². The van der Waals surface area contributed by atoms with E-state index in [4.69, 9.17) is 16.3 Å². The smallest absolute Gasteiger partial charge is 0.253 e. The highest BCUT2D eigenvalue weighted by Crippen LogP contribution is 2.23. The minimum Gasteiger partial charge on any atom is -0.365 e. The standard InChI is InChI=1S/C14H19ClN2O2/c1-2-12(19-11-5-3-4-6-11)14(18)17-10-7-8-13(15)16-9-10/h7-9,11-12H,2-6H2,1H3,(H,17,18). The molecule has 5 heteroatoms. The first kappa shape index (κ1) is 14.3. The van der Waals surface area contributed by atoms with Gasteiger partial charge in [0.2, 0.25) is 0 Å². The monoisotopic (exact) mass is 282 g/mol. The van der Waals surface area contributed by atoms with E-state index < -0.39 is 6.10 Å². The Balaban J connectivity index is 1.90.